The summed E-state index contributed by atoms with van der Waals surface area (Å²) in [6.07, 6.45) is 5.95. The van der Waals surface area contributed by atoms with Crippen LogP contribution in [-0.2, 0) is 4.79 Å². The molecule has 2 N–H and O–H groups in total. The van der Waals surface area contributed by atoms with E-state index in [2.05, 4.69) is 11.4 Å². The van der Waals surface area contributed by atoms with Gasteiger partial charge in [0.1, 0.15) is 11.5 Å². The molecule has 0 aliphatic heterocycles. The first-order chi connectivity index (χ1) is 17.3. The quantitative estimate of drug-likeness (QED) is 0.319. The number of rotatable bonds is 9. The van der Waals surface area contributed by atoms with Gasteiger partial charge in [0.2, 0.25) is 0 Å². The Morgan fingerprint density at radius 1 is 1.08 bits per heavy atom. The number of carboxylic acids is 1. The minimum atomic E-state index is -0.920. The largest absolute Gasteiger partial charge is 0.481 e. The highest BCUT2D eigenvalue weighted by molar-refractivity contribution is 6.30. The third kappa shape index (κ3) is 6.30. The van der Waals surface area contributed by atoms with Crippen LogP contribution in [0.2, 0.25) is 5.02 Å². The lowest BCUT2D eigenvalue weighted by molar-refractivity contribution is -0.137. The molecule has 1 atom stereocenters. The van der Waals surface area contributed by atoms with Crippen molar-refractivity contribution in [2.24, 2.45) is 5.92 Å². The molecule has 4 rings (SSSR count). The number of nitrogens with zero attached hydrogens (tertiary/aromatic N) is 1. The van der Waals surface area contributed by atoms with Crippen molar-refractivity contribution >= 4 is 29.2 Å². The molecule has 0 radical (unpaired) electrons. The molecule has 1 saturated carbocycles. The molecule has 3 aromatic rings. The van der Waals surface area contributed by atoms with Crippen LogP contribution in [0.4, 0.5) is 5.69 Å². The Bertz CT molecular complexity index is 1180. The number of halogens is 1. The van der Waals surface area contributed by atoms with Crippen LogP contribution in [0.15, 0.2) is 59.0 Å². The summed E-state index contributed by atoms with van der Waals surface area (Å²) in [5.74, 6) is 1.10. The molecule has 1 aliphatic carbocycles. The monoisotopic (exact) mass is 508 g/mol. The summed E-state index contributed by atoms with van der Waals surface area (Å²) in [6, 6.07) is 17.3. The molecule has 190 valence electrons. The Labute approximate surface area is 217 Å². The number of aryl methyl sites for hydroxylation is 1. The van der Waals surface area contributed by atoms with Crippen molar-refractivity contribution < 1.29 is 19.1 Å². The van der Waals surface area contributed by atoms with Gasteiger partial charge < -0.3 is 19.7 Å². The maximum atomic E-state index is 12.7. The van der Waals surface area contributed by atoms with E-state index < -0.39 is 5.97 Å². The lowest BCUT2D eigenvalue weighted by atomic mass is 9.81. The first-order valence-electron chi connectivity index (χ1n) is 12.5. The van der Waals surface area contributed by atoms with E-state index in [-0.39, 0.29) is 24.9 Å². The second kappa shape index (κ2) is 11.7. The van der Waals surface area contributed by atoms with Crippen LogP contribution >= 0.6 is 11.6 Å². The second-order valence-corrected chi connectivity index (χ2v) is 10.0. The molecule has 1 unspecified atom stereocenters. The van der Waals surface area contributed by atoms with Crippen LogP contribution in [-0.4, -0.2) is 35.5 Å². The number of amides is 1. The normalized spacial score (nSPS) is 14.9. The summed E-state index contributed by atoms with van der Waals surface area (Å²) in [6.45, 7) is 2.19. The van der Waals surface area contributed by atoms with E-state index in [0.717, 1.165) is 41.2 Å². The van der Waals surface area contributed by atoms with E-state index in [1.54, 1.807) is 19.2 Å². The summed E-state index contributed by atoms with van der Waals surface area (Å²) in [5, 5.41) is 13.3. The summed E-state index contributed by atoms with van der Waals surface area (Å²) in [7, 11) is 1.62. The standard InChI is InChI=1S/C29H33ClN2O4/c1-19-25(18-26(36-19)20-8-12-23(30)13-9-20)28(21-6-4-3-5-7-21)31-24-14-10-22(11-15-24)29(35)32(2)17-16-27(33)34/h8-15,18,21,28,31H,3-7,16-17H2,1-2H3,(H,33,34). The predicted octanol–water partition coefficient (Wildman–Crippen LogP) is 7.19. The number of carbonyl (C=O) groups is 2. The molecule has 1 amide bonds. The molecule has 7 heteroatoms. The summed E-state index contributed by atoms with van der Waals surface area (Å²) >= 11 is 6.07. The summed E-state index contributed by atoms with van der Waals surface area (Å²) < 4.78 is 6.19. The van der Waals surface area contributed by atoms with Crippen molar-refractivity contribution in [2.75, 3.05) is 18.9 Å². The van der Waals surface area contributed by atoms with Gasteiger partial charge in [-0.1, -0.05) is 30.9 Å². The predicted molar refractivity (Wildman–Crippen MR) is 142 cm³/mol. The van der Waals surface area contributed by atoms with Crippen LogP contribution < -0.4 is 5.32 Å². The molecule has 1 heterocycles. The SMILES string of the molecule is Cc1oc(-c2ccc(Cl)cc2)cc1C(Nc1ccc(C(=O)N(C)CCC(=O)O)cc1)C1CCCCC1. The average Bonchev–Trinajstić information content (AvgIpc) is 3.27. The van der Waals surface area contributed by atoms with Gasteiger partial charge in [-0.25, -0.2) is 0 Å². The van der Waals surface area contributed by atoms with Crippen molar-refractivity contribution in [1.82, 2.24) is 4.90 Å². The first-order valence-corrected chi connectivity index (χ1v) is 12.9. The molecule has 0 bridgehead atoms. The Balaban J connectivity index is 1.55. The zero-order chi connectivity index (χ0) is 25.7. The van der Waals surface area contributed by atoms with Crippen LogP contribution in [0.3, 0.4) is 0 Å². The van der Waals surface area contributed by atoms with E-state index >= 15 is 0 Å². The second-order valence-electron chi connectivity index (χ2n) is 9.60. The van der Waals surface area contributed by atoms with Gasteiger partial charge in [-0.2, -0.15) is 0 Å². The molecule has 2 aromatic carbocycles. The van der Waals surface area contributed by atoms with Crippen LogP contribution in [0, 0.1) is 12.8 Å². The van der Waals surface area contributed by atoms with Gasteiger partial charge in [0.05, 0.1) is 12.5 Å². The fraction of sp³-hybridized carbons (Fsp3) is 0.379. The van der Waals surface area contributed by atoms with Crippen molar-refractivity contribution in [3.8, 4) is 11.3 Å². The van der Waals surface area contributed by atoms with Gasteiger partial charge in [-0.15, -0.1) is 0 Å². The number of carboxylic acid groups (broad SMARTS) is 1. The molecule has 0 spiro atoms. The topological polar surface area (TPSA) is 82.8 Å². The summed E-state index contributed by atoms with van der Waals surface area (Å²) in [5.41, 5.74) is 3.61. The molecule has 1 fully saturated rings. The number of aliphatic carboxylic acids is 1. The van der Waals surface area contributed by atoms with Crippen LogP contribution in [0.1, 0.15) is 66.2 Å². The lowest BCUT2D eigenvalue weighted by Gasteiger charge is -2.31. The minimum Gasteiger partial charge on any atom is -0.481 e. The Morgan fingerprint density at radius 3 is 2.39 bits per heavy atom. The third-order valence-electron chi connectivity index (χ3n) is 7.00. The van der Waals surface area contributed by atoms with E-state index in [0.29, 0.717) is 16.5 Å². The zero-order valence-corrected chi connectivity index (χ0v) is 21.6. The molecule has 0 saturated heterocycles. The van der Waals surface area contributed by atoms with Crippen LogP contribution in [0.5, 0.6) is 0 Å². The number of anilines is 1. The Hall–Kier alpha value is -3.25. The maximum absolute atomic E-state index is 12.7. The Morgan fingerprint density at radius 2 is 1.75 bits per heavy atom. The number of hydrogen-bond donors (Lipinski definition) is 2. The van der Waals surface area contributed by atoms with Crippen molar-refractivity contribution in [2.45, 2.75) is 51.5 Å². The zero-order valence-electron chi connectivity index (χ0n) is 20.8. The number of hydrogen-bond acceptors (Lipinski definition) is 4. The van der Waals surface area contributed by atoms with Crippen LogP contribution in [0.25, 0.3) is 11.3 Å². The van der Waals surface area contributed by atoms with Gasteiger partial charge >= 0.3 is 5.97 Å². The molecule has 6 nitrogen and oxygen atoms in total. The maximum Gasteiger partial charge on any atom is 0.305 e. The number of nitrogens with one attached hydrogen (secondary N) is 1. The number of benzene rings is 2. The average molecular weight is 509 g/mol. The van der Waals surface area contributed by atoms with Crippen molar-refractivity contribution in [3.05, 3.63) is 76.5 Å². The number of furan rings is 1. The minimum absolute atomic E-state index is 0.0764. The van der Waals surface area contributed by atoms with Crippen molar-refractivity contribution in [3.63, 3.8) is 0 Å². The van der Waals surface area contributed by atoms with E-state index in [4.69, 9.17) is 21.1 Å². The number of carbonyl (C=O) groups excluding carboxylic acids is 1. The third-order valence-corrected chi connectivity index (χ3v) is 7.25. The van der Waals surface area contributed by atoms with Crippen molar-refractivity contribution in [1.29, 1.82) is 0 Å². The molecular weight excluding hydrogens is 476 g/mol. The molecule has 1 aliphatic rings. The summed E-state index contributed by atoms with van der Waals surface area (Å²) in [4.78, 5) is 24.9. The fourth-order valence-electron chi connectivity index (χ4n) is 4.95. The van der Waals surface area contributed by atoms with Gasteiger partial charge in [-0.3, -0.25) is 9.59 Å². The fourth-order valence-corrected chi connectivity index (χ4v) is 5.08. The molecule has 36 heavy (non-hydrogen) atoms. The molecular formula is C29H33ClN2O4. The molecule has 1 aromatic heterocycles. The van der Waals surface area contributed by atoms with Gasteiger partial charge in [0.25, 0.3) is 5.91 Å². The van der Waals surface area contributed by atoms with E-state index in [9.17, 15) is 9.59 Å². The van der Waals surface area contributed by atoms with Gasteiger partial charge in [0.15, 0.2) is 0 Å². The first kappa shape index (κ1) is 25.8. The highest BCUT2D eigenvalue weighted by Gasteiger charge is 2.28. The highest BCUT2D eigenvalue weighted by atomic mass is 35.5. The smallest absolute Gasteiger partial charge is 0.305 e. The highest BCUT2D eigenvalue weighted by Crippen LogP contribution is 2.40. The van der Waals surface area contributed by atoms with Gasteiger partial charge in [-0.05, 0) is 80.3 Å². The lowest BCUT2D eigenvalue weighted by Crippen LogP contribution is -2.29. The Kier molecular flexibility index (Phi) is 8.36. The van der Waals surface area contributed by atoms with E-state index in [1.165, 1.54) is 24.2 Å². The van der Waals surface area contributed by atoms with Gasteiger partial charge in [0, 0.05) is 41.0 Å². The van der Waals surface area contributed by atoms with E-state index in [1.807, 2.05) is 43.3 Å².